The van der Waals surface area contributed by atoms with Crippen molar-refractivity contribution in [1.82, 2.24) is 4.90 Å². The molecule has 1 aliphatic heterocycles. The predicted molar refractivity (Wildman–Crippen MR) is 81.6 cm³/mol. The van der Waals surface area contributed by atoms with E-state index in [1.165, 1.54) is 38.5 Å². The van der Waals surface area contributed by atoms with E-state index in [4.69, 9.17) is 0 Å². The summed E-state index contributed by atoms with van der Waals surface area (Å²) in [6.07, 6.45) is 7.97. The molecule has 1 aliphatic carbocycles. The third kappa shape index (κ3) is 3.21. The van der Waals surface area contributed by atoms with Gasteiger partial charge in [-0.05, 0) is 50.3 Å². The van der Waals surface area contributed by atoms with Gasteiger partial charge >= 0.3 is 0 Å². The Morgan fingerprint density at radius 1 is 1.10 bits per heavy atom. The Labute approximate surface area is 121 Å². The summed E-state index contributed by atoms with van der Waals surface area (Å²) in [7, 11) is 0. The Balaban J connectivity index is 1.57. The van der Waals surface area contributed by atoms with Gasteiger partial charge in [0.25, 0.3) is 0 Å². The lowest BCUT2D eigenvalue weighted by molar-refractivity contribution is -0.118. The topological polar surface area (TPSA) is 32.3 Å². The number of benzene rings is 1. The lowest BCUT2D eigenvalue weighted by Crippen LogP contribution is -2.49. The maximum Gasteiger partial charge on any atom is 0.238 e. The van der Waals surface area contributed by atoms with Crippen LogP contribution in [-0.4, -0.2) is 29.9 Å². The Kier molecular flexibility index (Phi) is 4.36. The fraction of sp³-hybridized carbons (Fsp3) is 0.588. The number of hydrogen-bond donors (Lipinski definition) is 1. The zero-order valence-corrected chi connectivity index (χ0v) is 12.1. The molecule has 108 valence electrons. The van der Waals surface area contributed by atoms with Crippen molar-refractivity contribution in [3.8, 4) is 0 Å². The highest BCUT2D eigenvalue weighted by molar-refractivity contribution is 5.92. The van der Waals surface area contributed by atoms with Gasteiger partial charge in [-0.25, -0.2) is 0 Å². The summed E-state index contributed by atoms with van der Waals surface area (Å²) in [6, 6.07) is 10.4. The summed E-state index contributed by atoms with van der Waals surface area (Å²) in [5, 5.41) is 3.00. The number of likely N-dealkylation sites (tertiary alicyclic amines) is 1. The summed E-state index contributed by atoms with van der Waals surface area (Å²) >= 11 is 0. The van der Waals surface area contributed by atoms with Crippen LogP contribution in [0, 0.1) is 5.92 Å². The molecule has 0 aromatic heterocycles. The van der Waals surface area contributed by atoms with Gasteiger partial charge in [0.15, 0.2) is 0 Å². The van der Waals surface area contributed by atoms with E-state index in [-0.39, 0.29) is 5.91 Å². The molecule has 2 atom stereocenters. The molecule has 1 heterocycles. The number of para-hydroxylation sites is 1. The van der Waals surface area contributed by atoms with Crippen LogP contribution in [0.2, 0.25) is 0 Å². The first kappa shape index (κ1) is 13.6. The molecule has 0 unspecified atom stereocenters. The van der Waals surface area contributed by atoms with E-state index in [0.29, 0.717) is 12.6 Å². The predicted octanol–water partition coefficient (Wildman–Crippen LogP) is 3.28. The van der Waals surface area contributed by atoms with Gasteiger partial charge in [-0.1, -0.05) is 31.0 Å². The third-order valence-corrected chi connectivity index (χ3v) is 4.76. The fourth-order valence-corrected chi connectivity index (χ4v) is 3.83. The van der Waals surface area contributed by atoms with E-state index in [1.807, 2.05) is 30.3 Å². The standard InChI is InChI=1S/C17H24N2O/c20-17(18-15-9-2-1-3-10-15)13-19-12-6-8-14-7-4-5-11-16(14)19/h1-3,9-10,14,16H,4-8,11-13H2,(H,18,20)/t14-,16+/m1/s1. The molecule has 0 radical (unpaired) electrons. The first-order valence-corrected chi connectivity index (χ1v) is 7.92. The van der Waals surface area contributed by atoms with Crippen molar-refractivity contribution in [2.75, 3.05) is 18.4 Å². The quantitative estimate of drug-likeness (QED) is 0.916. The highest BCUT2D eigenvalue weighted by Gasteiger charge is 2.33. The van der Waals surface area contributed by atoms with Crippen LogP contribution in [0.3, 0.4) is 0 Å². The molecule has 1 amide bonds. The van der Waals surface area contributed by atoms with Crippen LogP contribution in [0.1, 0.15) is 38.5 Å². The fourth-order valence-electron chi connectivity index (χ4n) is 3.83. The lowest BCUT2D eigenvalue weighted by atomic mass is 9.78. The minimum atomic E-state index is 0.127. The van der Waals surface area contributed by atoms with Crippen LogP contribution < -0.4 is 5.32 Å². The van der Waals surface area contributed by atoms with Crippen LogP contribution in [-0.2, 0) is 4.79 Å². The van der Waals surface area contributed by atoms with Gasteiger partial charge < -0.3 is 5.32 Å². The summed E-state index contributed by atoms with van der Waals surface area (Å²) in [6.45, 7) is 1.64. The van der Waals surface area contributed by atoms with Gasteiger partial charge in [-0.15, -0.1) is 0 Å². The number of fused-ring (bicyclic) bond motifs is 1. The van der Waals surface area contributed by atoms with Gasteiger partial charge in [0, 0.05) is 11.7 Å². The van der Waals surface area contributed by atoms with Crippen molar-refractivity contribution in [2.45, 2.75) is 44.6 Å². The molecule has 0 spiro atoms. The van der Waals surface area contributed by atoms with Gasteiger partial charge in [0.1, 0.15) is 0 Å². The largest absolute Gasteiger partial charge is 0.325 e. The number of hydrogen-bond acceptors (Lipinski definition) is 2. The van der Waals surface area contributed by atoms with Crippen molar-refractivity contribution < 1.29 is 4.79 Å². The van der Waals surface area contributed by atoms with E-state index in [1.54, 1.807) is 0 Å². The third-order valence-electron chi connectivity index (χ3n) is 4.76. The monoisotopic (exact) mass is 272 g/mol. The SMILES string of the molecule is O=C(CN1CCC[C@H]2CCCC[C@@H]21)Nc1ccccc1. The molecule has 3 nitrogen and oxygen atoms in total. The zero-order chi connectivity index (χ0) is 13.8. The highest BCUT2D eigenvalue weighted by atomic mass is 16.2. The number of carbonyl (C=O) groups is 1. The molecule has 3 rings (SSSR count). The van der Waals surface area contributed by atoms with Crippen LogP contribution in [0.5, 0.6) is 0 Å². The molecule has 1 saturated carbocycles. The van der Waals surface area contributed by atoms with E-state index in [9.17, 15) is 4.79 Å². The van der Waals surface area contributed by atoms with Crippen molar-refractivity contribution in [3.05, 3.63) is 30.3 Å². The molecule has 1 aromatic carbocycles. The van der Waals surface area contributed by atoms with E-state index < -0.39 is 0 Å². The molecule has 3 heteroatoms. The highest BCUT2D eigenvalue weighted by Crippen LogP contribution is 2.34. The van der Waals surface area contributed by atoms with E-state index in [0.717, 1.165) is 18.2 Å². The summed E-state index contributed by atoms with van der Waals surface area (Å²) in [5.41, 5.74) is 0.898. The second-order valence-corrected chi connectivity index (χ2v) is 6.14. The van der Waals surface area contributed by atoms with Gasteiger partial charge in [0.05, 0.1) is 6.54 Å². The van der Waals surface area contributed by atoms with E-state index >= 15 is 0 Å². The van der Waals surface area contributed by atoms with Crippen LogP contribution in [0.4, 0.5) is 5.69 Å². The number of nitrogens with zero attached hydrogens (tertiary/aromatic N) is 1. The van der Waals surface area contributed by atoms with Crippen LogP contribution in [0.15, 0.2) is 30.3 Å². The second kappa shape index (κ2) is 6.40. The molecule has 20 heavy (non-hydrogen) atoms. The smallest absolute Gasteiger partial charge is 0.238 e. The van der Waals surface area contributed by atoms with Crippen LogP contribution in [0.25, 0.3) is 0 Å². The van der Waals surface area contributed by atoms with Crippen molar-refractivity contribution >= 4 is 11.6 Å². The van der Waals surface area contributed by atoms with Gasteiger partial charge in [0.2, 0.25) is 5.91 Å². The Morgan fingerprint density at radius 2 is 1.85 bits per heavy atom. The Bertz CT molecular complexity index is 444. The molecule has 2 aliphatic rings. The van der Waals surface area contributed by atoms with E-state index in [2.05, 4.69) is 10.2 Å². The maximum absolute atomic E-state index is 12.2. The number of rotatable bonds is 3. The number of piperidine rings is 1. The first-order chi connectivity index (χ1) is 9.83. The Morgan fingerprint density at radius 3 is 2.70 bits per heavy atom. The molecular weight excluding hydrogens is 248 g/mol. The molecule has 1 saturated heterocycles. The van der Waals surface area contributed by atoms with Crippen LogP contribution >= 0.6 is 0 Å². The minimum absolute atomic E-state index is 0.127. The van der Waals surface area contributed by atoms with Gasteiger partial charge in [-0.2, -0.15) is 0 Å². The summed E-state index contributed by atoms with van der Waals surface area (Å²) in [4.78, 5) is 14.6. The number of amides is 1. The first-order valence-electron chi connectivity index (χ1n) is 7.92. The normalized spacial score (nSPS) is 26.8. The van der Waals surface area contributed by atoms with Crippen molar-refractivity contribution in [2.24, 2.45) is 5.92 Å². The minimum Gasteiger partial charge on any atom is -0.325 e. The average molecular weight is 272 g/mol. The molecule has 0 bridgehead atoms. The maximum atomic E-state index is 12.2. The zero-order valence-electron chi connectivity index (χ0n) is 12.1. The molecule has 1 aromatic rings. The Hall–Kier alpha value is -1.35. The number of carbonyl (C=O) groups excluding carboxylic acids is 1. The lowest BCUT2D eigenvalue weighted by Gasteiger charge is -2.43. The van der Waals surface area contributed by atoms with Crippen molar-refractivity contribution in [3.63, 3.8) is 0 Å². The number of nitrogens with one attached hydrogen (secondary N) is 1. The molecular formula is C17H24N2O. The average Bonchev–Trinajstić information content (AvgIpc) is 2.48. The second-order valence-electron chi connectivity index (χ2n) is 6.14. The summed E-state index contributed by atoms with van der Waals surface area (Å²) in [5.74, 6) is 0.962. The number of anilines is 1. The van der Waals surface area contributed by atoms with Crippen molar-refractivity contribution in [1.29, 1.82) is 0 Å². The summed E-state index contributed by atoms with van der Waals surface area (Å²) < 4.78 is 0. The molecule has 1 N–H and O–H groups in total. The molecule has 2 fully saturated rings. The van der Waals surface area contributed by atoms with Gasteiger partial charge in [-0.3, -0.25) is 9.69 Å².